The second-order valence-corrected chi connectivity index (χ2v) is 5.81. The summed E-state index contributed by atoms with van der Waals surface area (Å²) in [5.74, 6) is 1.54. The molecule has 1 aliphatic rings. The average molecular weight is 281 g/mol. The van der Waals surface area contributed by atoms with Crippen molar-refractivity contribution in [1.82, 2.24) is 0 Å². The van der Waals surface area contributed by atoms with E-state index in [-0.39, 0.29) is 0 Å². The summed E-state index contributed by atoms with van der Waals surface area (Å²) in [5, 5.41) is 0. The zero-order valence-electron chi connectivity index (χ0n) is 12.6. The maximum absolute atomic E-state index is 5.79. The molecule has 0 heterocycles. The molecule has 110 valence electrons. The van der Waals surface area contributed by atoms with Crippen LogP contribution in [0.5, 0.6) is 5.75 Å². The van der Waals surface area contributed by atoms with Crippen molar-refractivity contribution in [2.24, 2.45) is 5.73 Å². The van der Waals surface area contributed by atoms with Crippen LogP contribution in [0.25, 0.3) is 11.1 Å². The molecule has 2 nitrogen and oxygen atoms in total. The van der Waals surface area contributed by atoms with E-state index in [0.29, 0.717) is 5.92 Å². The van der Waals surface area contributed by atoms with Crippen LogP contribution in [0.1, 0.15) is 36.3 Å². The SMILES string of the molecule is COc1cccc(-c2ccc3c(c2)C(CCN)CCC3)c1. The molecule has 21 heavy (non-hydrogen) atoms. The van der Waals surface area contributed by atoms with Crippen molar-refractivity contribution in [3.05, 3.63) is 53.6 Å². The van der Waals surface area contributed by atoms with Gasteiger partial charge in [-0.05, 0) is 72.5 Å². The van der Waals surface area contributed by atoms with Crippen molar-refractivity contribution < 1.29 is 4.74 Å². The molecule has 1 aliphatic carbocycles. The zero-order chi connectivity index (χ0) is 14.7. The van der Waals surface area contributed by atoms with Gasteiger partial charge >= 0.3 is 0 Å². The third-order valence-corrected chi connectivity index (χ3v) is 4.50. The van der Waals surface area contributed by atoms with E-state index >= 15 is 0 Å². The lowest BCUT2D eigenvalue weighted by atomic mass is 9.80. The fraction of sp³-hybridized carbons (Fsp3) is 0.368. The van der Waals surface area contributed by atoms with Crippen LogP contribution >= 0.6 is 0 Å². The molecule has 3 rings (SSSR count). The maximum atomic E-state index is 5.79. The molecule has 0 saturated carbocycles. The summed E-state index contributed by atoms with van der Waals surface area (Å²) < 4.78 is 5.33. The molecule has 0 radical (unpaired) electrons. The molecule has 2 heteroatoms. The number of benzene rings is 2. The monoisotopic (exact) mass is 281 g/mol. The molecule has 2 aromatic rings. The van der Waals surface area contributed by atoms with Gasteiger partial charge in [0.15, 0.2) is 0 Å². The minimum atomic E-state index is 0.629. The zero-order valence-corrected chi connectivity index (χ0v) is 12.6. The van der Waals surface area contributed by atoms with Gasteiger partial charge in [0.05, 0.1) is 7.11 Å². The second kappa shape index (κ2) is 6.31. The van der Waals surface area contributed by atoms with E-state index in [1.165, 1.54) is 41.5 Å². The predicted molar refractivity (Wildman–Crippen MR) is 87.8 cm³/mol. The molecule has 0 aliphatic heterocycles. The number of rotatable bonds is 4. The van der Waals surface area contributed by atoms with Crippen LogP contribution < -0.4 is 10.5 Å². The van der Waals surface area contributed by atoms with Gasteiger partial charge in [-0.25, -0.2) is 0 Å². The molecular weight excluding hydrogens is 258 g/mol. The minimum absolute atomic E-state index is 0.629. The highest BCUT2D eigenvalue weighted by Gasteiger charge is 2.20. The highest BCUT2D eigenvalue weighted by atomic mass is 16.5. The van der Waals surface area contributed by atoms with E-state index in [1.54, 1.807) is 7.11 Å². The summed E-state index contributed by atoms with van der Waals surface area (Å²) in [4.78, 5) is 0. The summed E-state index contributed by atoms with van der Waals surface area (Å²) >= 11 is 0. The lowest BCUT2D eigenvalue weighted by Crippen LogP contribution is -2.14. The Morgan fingerprint density at radius 3 is 2.81 bits per heavy atom. The van der Waals surface area contributed by atoms with E-state index in [2.05, 4.69) is 30.3 Å². The highest BCUT2D eigenvalue weighted by Crippen LogP contribution is 2.36. The molecule has 2 aromatic carbocycles. The summed E-state index contributed by atoms with van der Waals surface area (Å²) in [6, 6.07) is 15.2. The number of hydrogen-bond donors (Lipinski definition) is 1. The van der Waals surface area contributed by atoms with Crippen LogP contribution in [0.2, 0.25) is 0 Å². The molecule has 0 fully saturated rings. The van der Waals surface area contributed by atoms with Crippen LogP contribution in [-0.2, 0) is 6.42 Å². The molecule has 0 bridgehead atoms. The van der Waals surface area contributed by atoms with E-state index in [9.17, 15) is 0 Å². The third-order valence-electron chi connectivity index (χ3n) is 4.50. The Morgan fingerprint density at radius 2 is 2.00 bits per heavy atom. The van der Waals surface area contributed by atoms with Crippen molar-refractivity contribution in [2.75, 3.05) is 13.7 Å². The van der Waals surface area contributed by atoms with Crippen LogP contribution in [0.15, 0.2) is 42.5 Å². The van der Waals surface area contributed by atoms with Gasteiger partial charge in [-0.3, -0.25) is 0 Å². The Kier molecular flexibility index (Phi) is 4.26. The van der Waals surface area contributed by atoms with E-state index in [0.717, 1.165) is 18.7 Å². The Hall–Kier alpha value is -1.80. The number of ether oxygens (including phenoxy) is 1. The molecule has 1 unspecified atom stereocenters. The highest BCUT2D eigenvalue weighted by molar-refractivity contribution is 5.67. The van der Waals surface area contributed by atoms with Crippen molar-refractivity contribution in [3.8, 4) is 16.9 Å². The molecule has 0 saturated heterocycles. The van der Waals surface area contributed by atoms with Crippen molar-refractivity contribution in [1.29, 1.82) is 0 Å². The van der Waals surface area contributed by atoms with Crippen molar-refractivity contribution in [2.45, 2.75) is 31.6 Å². The first-order valence-electron chi connectivity index (χ1n) is 7.79. The van der Waals surface area contributed by atoms with Crippen molar-refractivity contribution >= 4 is 0 Å². The molecule has 1 atom stereocenters. The number of aryl methyl sites for hydroxylation is 1. The molecule has 0 aromatic heterocycles. The Labute approximate surface area is 126 Å². The van der Waals surface area contributed by atoms with Crippen LogP contribution in [0.3, 0.4) is 0 Å². The topological polar surface area (TPSA) is 35.2 Å². The Bertz CT molecular complexity index is 621. The average Bonchev–Trinajstić information content (AvgIpc) is 2.55. The predicted octanol–water partition coefficient (Wildman–Crippen LogP) is 4.13. The quantitative estimate of drug-likeness (QED) is 0.914. The van der Waals surface area contributed by atoms with Gasteiger partial charge < -0.3 is 10.5 Å². The number of methoxy groups -OCH3 is 1. The molecule has 2 N–H and O–H groups in total. The van der Waals surface area contributed by atoms with Gasteiger partial charge in [0, 0.05) is 0 Å². The lowest BCUT2D eigenvalue weighted by Gasteiger charge is -2.26. The largest absolute Gasteiger partial charge is 0.497 e. The smallest absolute Gasteiger partial charge is 0.119 e. The third kappa shape index (κ3) is 2.96. The van der Waals surface area contributed by atoms with Gasteiger partial charge in [0.1, 0.15) is 5.75 Å². The molecular formula is C19H23NO. The lowest BCUT2D eigenvalue weighted by molar-refractivity contribution is 0.415. The normalized spacial score (nSPS) is 17.3. The van der Waals surface area contributed by atoms with Crippen LogP contribution in [-0.4, -0.2) is 13.7 Å². The first kappa shape index (κ1) is 14.2. The standard InChI is InChI=1S/C19H23NO/c1-21-18-7-3-6-16(12-18)17-9-8-14-4-2-5-15(10-11-20)19(14)13-17/h3,6-9,12-13,15H,2,4-5,10-11,20H2,1H3. The van der Waals surface area contributed by atoms with Crippen LogP contribution in [0, 0.1) is 0 Å². The minimum Gasteiger partial charge on any atom is -0.497 e. The Morgan fingerprint density at radius 1 is 1.14 bits per heavy atom. The second-order valence-electron chi connectivity index (χ2n) is 5.81. The first-order chi connectivity index (χ1) is 10.3. The van der Waals surface area contributed by atoms with E-state index < -0.39 is 0 Å². The van der Waals surface area contributed by atoms with E-state index in [1.807, 2.05) is 12.1 Å². The van der Waals surface area contributed by atoms with Gasteiger partial charge in [-0.15, -0.1) is 0 Å². The summed E-state index contributed by atoms with van der Waals surface area (Å²) in [7, 11) is 1.71. The number of hydrogen-bond acceptors (Lipinski definition) is 2. The number of fused-ring (bicyclic) bond motifs is 1. The molecule has 0 spiro atoms. The summed E-state index contributed by atoms with van der Waals surface area (Å²) in [6.07, 6.45) is 4.85. The fourth-order valence-electron chi connectivity index (χ4n) is 3.38. The van der Waals surface area contributed by atoms with E-state index in [4.69, 9.17) is 10.5 Å². The fourth-order valence-corrected chi connectivity index (χ4v) is 3.38. The van der Waals surface area contributed by atoms with Crippen LogP contribution in [0.4, 0.5) is 0 Å². The maximum Gasteiger partial charge on any atom is 0.119 e. The van der Waals surface area contributed by atoms with Gasteiger partial charge in [-0.2, -0.15) is 0 Å². The first-order valence-corrected chi connectivity index (χ1v) is 7.79. The number of nitrogens with two attached hydrogens (primary N) is 1. The summed E-state index contributed by atoms with van der Waals surface area (Å²) in [6.45, 7) is 0.771. The van der Waals surface area contributed by atoms with Gasteiger partial charge in [-0.1, -0.05) is 30.3 Å². The van der Waals surface area contributed by atoms with Gasteiger partial charge in [0.25, 0.3) is 0 Å². The summed E-state index contributed by atoms with van der Waals surface area (Å²) in [5.41, 5.74) is 11.3. The van der Waals surface area contributed by atoms with Crippen molar-refractivity contribution in [3.63, 3.8) is 0 Å². The molecule has 0 amide bonds. The van der Waals surface area contributed by atoms with Gasteiger partial charge in [0.2, 0.25) is 0 Å². The Balaban J connectivity index is 1.99.